The topological polar surface area (TPSA) is 85.3 Å². The SMILES string of the molecule is COc1cc(OC)c(/C(O)=C2\C(=O)C(=O)N(c3ccc(OC(C)C)cc3)C2c2ccc(C(C)(C)C)cc2)cc1Cl. The molecule has 1 saturated heterocycles. The van der Waals surface area contributed by atoms with Crippen LogP contribution < -0.4 is 19.1 Å². The molecule has 8 heteroatoms. The third-order valence-electron chi connectivity index (χ3n) is 6.75. The van der Waals surface area contributed by atoms with E-state index in [1.807, 2.05) is 38.1 Å². The number of ether oxygens (including phenoxy) is 3. The Morgan fingerprint density at radius 2 is 1.52 bits per heavy atom. The predicted octanol–water partition coefficient (Wildman–Crippen LogP) is 7.07. The summed E-state index contributed by atoms with van der Waals surface area (Å²) in [6, 6.07) is 16.7. The molecule has 1 N–H and O–H groups in total. The smallest absolute Gasteiger partial charge is 0.300 e. The van der Waals surface area contributed by atoms with Crippen LogP contribution in [0.4, 0.5) is 5.69 Å². The van der Waals surface area contributed by atoms with Crippen LogP contribution in [0.2, 0.25) is 5.02 Å². The number of benzene rings is 3. The van der Waals surface area contributed by atoms with Gasteiger partial charge in [-0.25, -0.2) is 0 Å². The Morgan fingerprint density at radius 1 is 0.925 bits per heavy atom. The highest BCUT2D eigenvalue weighted by Crippen LogP contribution is 2.45. The highest BCUT2D eigenvalue weighted by Gasteiger charge is 2.47. The molecule has 1 atom stereocenters. The highest BCUT2D eigenvalue weighted by molar-refractivity contribution is 6.51. The minimum atomic E-state index is -0.906. The zero-order valence-corrected chi connectivity index (χ0v) is 24.5. The van der Waals surface area contributed by atoms with Gasteiger partial charge in [-0.1, -0.05) is 56.6 Å². The van der Waals surface area contributed by atoms with Gasteiger partial charge in [0, 0.05) is 11.8 Å². The van der Waals surface area contributed by atoms with E-state index in [2.05, 4.69) is 20.8 Å². The van der Waals surface area contributed by atoms with Crippen LogP contribution in [0.25, 0.3) is 5.76 Å². The molecule has 210 valence electrons. The number of Topliss-reactive ketones (excluding diaryl/α,β-unsaturated/α-hetero) is 1. The maximum absolute atomic E-state index is 13.6. The molecule has 3 aromatic rings. The molecule has 4 rings (SSSR count). The van der Waals surface area contributed by atoms with Crippen LogP contribution in [0.3, 0.4) is 0 Å². The number of ketones is 1. The normalized spacial score (nSPS) is 16.9. The van der Waals surface area contributed by atoms with Gasteiger partial charge in [0.15, 0.2) is 0 Å². The Bertz CT molecular complexity index is 1450. The maximum atomic E-state index is 13.6. The fraction of sp³-hybridized carbons (Fsp3) is 0.312. The van der Waals surface area contributed by atoms with Crippen molar-refractivity contribution in [1.82, 2.24) is 0 Å². The fourth-order valence-electron chi connectivity index (χ4n) is 4.73. The van der Waals surface area contributed by atoms with Gasteiger partial charge in [0.05, 0.1) is 42.5 Å². The number of nitrogens with zero attached hydrogens (tertiary/aromatic N) is 1. The summed E-state index contributed by atoms with van der Waals surface area (Å²) >= 11 is 6.37. The first-order chi connectivity index (χ1) is 18.9. The highest BCUT2D eigenvalue weighted by atomic mass is 35.5. The van der Waals surface area contributed by atoms with Gasteiger partial charge >= 0.3 is 0 Å². The summed E-state index contributed by atoms with van der Waals surface area (Å²) in [6.07, 6.45) is -0.0206. The second-order valence-corrected chi connectivity index (χ2v) is 11.3. The van der Waals surface area contributed by atoms with E-state index in [-0.39, 0.29) is 33.4 Å². The molecule has 1 fully saturated rings. The van der Waals surface area contributed by atoms with E-state index in [4.69, 9.17) is 25.8 Å². The van der Waals surface area contributed by atoms with Crippen molar-refractivity contribution in [2.24, 2.45) is 0 Å². The van der Waals surface area contributed by atoms with E-state index in [1.54, 1.807) is 24.3 Å². The second-order valence-electron chi connectivity index (χ2n) is 10.9. The van der Waals surface area contributed by atoms with E-state index in [1.165, 1.54) is 31.3 Å². The van der Waals surface area contributed by atoms with E-state index in [0.29, 0.717) is 22.7 Å². The van der Waals surface area contributed by atoms with Gasteiger partial charge in [-0.2, -0.15) is 0 Å². The summed E-state index contributed by atoms with van der Waals surface area (Å²) in [7, 11) is 2.89. The zero-order valence-electron chi connectivity index (χ0n) is 23.7. The lowest BCUT2D eigenvalue weighted by atomic mass is 9.85. The quantitative estimate of drug-likeness (QED) is 0.188. The molecule has 1 heterocycles. The van der Waals surface area contributed by atoms with Crippen LogP contribution in [0.1, 0.15) is 57.4 Å². The number of anilines is 1. The molecule has 0 saturated carbocycles. The van der Waals surface area contributed by atoms with Gasteiger partial charge in [-0.15, -0.1) is 0 Å². The molecule has 3 aromatic carbocycles. The van der Waals surface area contributed by atoms with Gasteiger partial charge < -0.3 is 19.3 Å². The molecule has 1 aliphatic heterocycles. The maximum Gasteiger partial charge on any atom is 0.300 e. The average Bonchev–Trinajstić information content (AvgIpc) is 3.18. The number of carbonyl (C=O) groups is 2. The summed E-state index contributed by atoms with van der Waals surface area (Å²) in [6.45, 7) is 10.2. The van der Waals surface area contributed by atoms with E-state index in [0.717, 1.165) is 5.56 Å². The number of carbonyl (C=O) groups excluding carboxylic acids is 2. The summed E-state index contributed by atoms with van der Waals surface area (Å²) < 4.78 is 16.5. The van der Waals surface area contributed by atoms with Crippen LogP contribution >= 0.6 is 11.6 Å². The number of halogens is 1. The molecule has 0 aliphatic carbocycles. The molecular weight excluding hydrogens is 530 g/mol. The Balaban J connectivity index is 1.93. The Morgan fingerprint density at radius 3 is 2.05 bits per heavy atom. The molecule has 1 aliphatic rings. The zero-order chi connectivity index (χ0) is 29.4. The summed E-state index contributed by atoms with van der Waals surface area (Å²) in [5.74, 6) is -0.761. The van der Waals surface area contributed by atoms with Crippen LogP contribution in [0.5, 0.6) is 17.2 Å². The number of rotatable bonds is 7. The lowest BCUT2D eigenvalue weighted by Gasteiger charge is -2.27. The Hall–Kier alpha value is -3.97. The largest absolute Gasteiger partial charge is 0.507 e. The number of hydrogen-bond acceptors (Lipinski definition) is 6. The third kappa shape index (κ3) is 5.52. The monoisotopic (exact) mass is 563 g/mol. The molecule has 0 spiro atoms. The van der Waals surface area contributed by atoms with Gasteiger partial charge in [-0.3, -0.25) is 14.5 Å². The summed E-state index contributed by atoms with van der Waals surface area (Å²) in [5, 5.41) is 11.8. The molecule has 1 unspecified atom stereocenters. The Labute approximate surface area is 239 Å². The standard InChI is InChI=1S/C32H34ClNO6/c1-18(2)40-22-14-12-21(13-15-22)34-28(19-8-10-20(11-9-19)32(3,4)5)27(30(36)31(34)37)29(35)23-16-24(33)26(39-7)17-25(23)38-6/h8-18,28,35H,1-7H3/b29-27+. The first-order valence-corrected chi connectivity index (χ1v) is 13.3. The van der Waals surface area contributed by atoms with Crippen molar-refractivity contribution in [1.29, 1.82) is 0 Å². The van der Waals surface area contributed by atoms with Crippen molar-refractivity contribution in [3.63, 3.8) is 0 Å². The predicted molar refractivity (Wildman–Crippen MR) is 157 cm³/mol. The van der Waals surface area contributed by atoms with E-state index >= 15 is 0 Å². The lowest BCUT2D eigenvalue weighted by molar-refractivity contribution is -0.132. The van der Waals surface area contributed by atoms with Crippen molar-refractivity contribution in [3.8, 4) is 17.2 Å². The number of aliphatic hydroxyl groups is 1. The molecular formula is C32H34ClNO6. The van der Waals surface area contributed by atoms with Crippen molar-refractivity contribution in [2.75, 3.05) is 19.1 Å². The molecule has 40 heavy (non-hydrogen) atoms. The number of aliphatic hydroxyl groups excluding tert-OH is 1. The van der Waals surface area contributed by atoms with Crippen molar-refractivity contribution >= 4 is 34.7 Å². The molecule has 7 nitrogen and oxygen atoms in total. The molecule has 0 bridgehead atoms. The molecule has 0 radical (unpaired) electrons. The van der Waals surface area contributed by atoms with Gasteiger partial charge in [-0.05, 0) is 60.7 Å². The third-order valence-corrected chi connectivity index (χ3v) is 7.05. The first-order valence-electron chi connectivity index (χ1n) is 13.0. The van der Waals surface area contributed by atoms with Gasteiger partial charge in [0.1, 0.15) is 23.0 Å². The number of amides is 1. The minimum Gasteiger partial charge on any atom is -0.507 e. The molecule has 1 amide bonds. The van der Waals surface area contributed by atoms with Crippen LogP contribution in [0, 0.1) is 0 Å². The van der Waals surface area contributed by atoms with Gasteiger partial charge in [0.2, 0.25) is 0 Å². The van der Waals surface area contributed by atoms with Crippen LogP contribution in [-0.2, 0) is 15.0 Å². The number of methoxy groups -OCH3 is 2. The second kappa shape index (κ2) is 11.3. The summed E-state index contributed by atoms with van der Waals surface area (Å²) in [4.78, 5) is 28.6. The molecule has 0 aromatic heterocycles. The van der Waals surface area contributed by atoms with Crippen molar-refractivity contribution in [2.45, 2.75) is 52.2 Å². The minimum absolute atomic E-state index is 0.0206. The van der Waals surface area contributed by atoms with Crippen LogP contribution in [-0.4, -0.2) is 37.1 Å². The van der Waals surface area contributed by atoms with E-state index in [9.17, 15) is 14.7 Å². The summed E-state index contributed by atoms with van der Waals surface area (Å²) in [5.41, 5.74) is 2.24. The van der Waals surface area contributed by atoms with Crippen molar-refractivity contribution < 1.29 is 28.9 Å². The average molecular weight is 564 g/mol. The first kappa shape index (κ1) is 29.0. The lowest BCUT2D eigenvalue weighted by Crippen LogP contribution is -2.29. The fourth-order valence-corrected chi connectivity index (χ4v) is 4.97. The Kier molecular flexibility index (Phi) is 8.17. The van der Waals surface area contributed by atoms with Crippen LogP contribution in [0.15, 0.2) is 66.2 Å². The van der Waals surface area contributed by atoms with Crippen molar-refractivity contribution in [3.05, 3.63) is 87.9 Å². The van der Waals surface area contributed by atoms with Gasteiger partial charge in [0.25, 0.3) is 11.7 Å². The number of hydrogen-bond donors (Lipinski definition) is 1. The van der Waals surface area contributed by atoms with E-state index < -0.39 is 23.5 Å².